The lowest BCUT2D eigenvalue weighted by molar-refractivity contribution is 0.144. The molecule has 11 heteroatoms. The molecule has 2 aromatic heterocycles. The van der Waals surface area contributed by atoms with Crippen molar-refractivity contribution in [3.8, 4) is 11.4 Å². The largest absolute Gasteiger partial charge is 0.495 e. The molecule has 160 valence electrons. The molecule has 1 aromatic carbocycles. The van der Waals surface area contributed by atoms with Crippen molar-refractivity contribution in [3.05, 3.63) is 53.8 Å². The van der Waals surface area contributed by atoms with Crippen molar-refractivity contribution >= 4 is 22.2 Å². The zero-order valence-electron chi connectivity index (χ0n) is 16.9. The van der Waals surface area contributed by atoms with Crippen LogP contribution >= 0.6 is 12.2 Å². The molecule has 30 heavy (non-hydrogen) atoms. The van der Waals surface area contributed by atoms with Crippen LogP contribution in [0.25, 0.3) is 5.69 Å². The highest BCUT2D eigenvalue weighted by molar-refractivity contribution is 7.89. The van der Waals surface area contributed by atoms with Crippen molar-refractivity contribution in [1.29, 1.82) is 0 Å². The summed E-state index contributed by atoms with van der Waals surface area (Å²) in [5, 5.41) is 4.42. The van der Waals surface area contributed by atoms with Crippen LogP contribution in [0.15, 0.2) is 53.9 Å². The zero-order chi connectivity index (χ0) is 21.3. The van der Waals surface area contributed by atoms with Crippen molar-refractivity contribution < 1.29 is 13.2 Å². The summed E-state index contributed by atoms with van der Waals surface area (Å²) in [5.74, 6) is 0.716. The van der Waals surface area contributed by atoms with E-state index in [2.05, 4.69) is 10.00 Å². The number of aryl methyl sites for hydroxylation is 1. The molecule has 0 unspecified atom stereocenters. The number of piperazine rings is 1. The molecule has 1 aliphatic rings. The van der Waals surface area contributed by atoms with E-state index in [0.29, 0.717) is 48.3 Å². The van der Waals surface area contributed by atoms with Gasteiger partial charge in [-0.15, -0.1) is 0 Å². The molecule has 0 saturated carbocycles. The predicted octanol–water partition coefficient (Wildman–Crippen LogP) is 1.71. The molecule has 0 atom stereocenters. The van der Waals surface area contributed by atoms with Crippen LogP contribution in [0.1, 0.15) is 0 Å². The smallest absolute Gasteiger partial charge is 0.244 e. The highest BCUT2D eigenvalue weighted by Crippen LogP contribution is 2.22. The van der Waals surface area contributed by atoms with Gasteiger partial charge in [-0.1, -0.05) is 12.1 Å². The number of hydrogen-bond donors (Lipinski definition) is 0. The fourth-order valence-electron chi connectivity index (χ4n) is 3.51. The van der Waals surface area contributed by atoms with Crippen LogP contribution < -0.4 is 4.74 Å². The molecule has 0 radical (unpaired) electrons. The summed E-state index contributed by atoms with van der Waals surface area (Å²) in [6.07, 6.45) is 5.05. The molecular weight excluding hydrogens is 424 g/mol. The highest BCUT2D eigenvalue weighted by Gasteiger charge is 2.29. The van der Waals surface area contributed by atoms with Crippen molar-refractivity contribution in [2.45, 2.75) is 11.6 Å². The molecule has 4 rings (SSSR count). The molecule has 1 aliphatic heterocycles. The number of nitrogens with zero attached hydrogens (tertiary/aromatic N) is 6. The standard InChI is InChI=1S/C19H24N6O3S2/c1-21-8-7-16(13-21)30(26,27)23-11-9-22(10-12-23)15-25-19(29)24(14-20-25)17-5-3-4-6-18(17)28-2/h3-8,13-14H,9-12,15H2,1-2H3. The van der Waals surface area contributed by atoms with E-state index >= 15 is 0 Å². The van der Waals surface area contributed by atoms with E-state index in [1.165, 1.54) is 4.31 Å². The molecule has 1 saturated heterocycles. The fourth-order valence-corrected chi connectivity index (χ4v) is 5.23. The maximum atomic E-state index is 12.8. The summed E-state index contributed by atoms with van der Waals surface area (Å²) in [6.45, 7) is 2.57. The van der Waals surface area contributed by atoms with E-state index in [-0.39, 0.29) is 0 Å². The monoisotopic (exact) mass is 448 g/mol. The maximum absolute atomic E-state index is 12.8. The molecule has 1 fully saturated rings. The lowest BCUT2D eigenvalue weighted by atomic mass is 10.3. The molecule has 3 heterocycles. The zero-order valence-corrected chi connectivity index (χ0v) is 18.5. The second-order valence-electron chi connectivity index (χ2n) is 7.13. The summed E-state index contributed by atoms with van der Waals surface area (Å²) in [4.78, 5) is 2.48. The third-order valence-corrected chi connectivity index (χ3v) is 7.48. The summed E-state index contributed by atoms with van der Waals surface area (Å²) in [7, 11) is -0.0293. The summed E-state index contributed by atoms with van der Waals surface area (Å²) >= 11 is 5.60. The predicted molar refractivity (Wildman–Crippen MR) is 115 cm³/mol. The van der Waals surface area contributed by atoms with Gasteiger partial charge in [-0.3, -0.25) is 9.47 Å². The van der Waals surface area contributed by atoms with Crippen LogP contribution in [0, 0.1) is 4.77 Å². The lowest BCUT2D eigenvalue weighted by Crippen LogP contribution is -2.48. The quantitative estimate of drug-likeness (QED) is 0.535. The first-order chi connectivity index (χ1) is 14.4. The van der Waals surface area contributed by atoms with Gasteiger partial charge in [-0.2, -0.15) is 9.40 Å². The Morgan fingerprint density at radius 3 is 2.53 bits per heavy atom. The number of para-hydroxylation sites is 2. The van der Waals surface area contributed by atoms with Crippen LogP contribution in [0.3, 0.4) is 0 Å². The van der Waals surface area contributed by atoms with Crippen molar-refractivity contribution in [3.63, 3.8) is 0 Å². The minimum atomic E-state index is -3.46. The van der Waals surface area contributed by atoms with Gasteiger partial charge in [0, 0.05) is 45.6 Å². The highest BCUT2D eigenvalue weighted by atomic mass is 32.2. The number of hydrogen-bond acceptors (Lipinski definition) is 6. The second kappa shape index (κ2) is 8.34. The Hall–Kier alpha value is -2.47. The molecular formula is C19H24N6O3S2. The molecule has 0 spiro atoms. The van der Waals surface area contributed by atoms with E-state index in [4.69, 9.17) is 17.0 Å². The number of benzene rings is 1. The Bertz CT molecular complexity index is 1190. The first kappa shape index (κ1) is 20.8. The van der Waals surface area contributed by atoms with E-state index in [9.17, 15) is 8.42 Å². The first-order valence-electron chi connectivity index (χ1n) is 9.52. The second-order valence-corrected chi connectivity index (χ2v) is 9.43. The number of methoxy groups -OCH3 is 1. The Morgan fingerprint density at radius 1 is 1.13 bits per heavy atom. The molecule has 9 nitrogen and oxygen atoms in total. The minimum absolute atomic E-state index is 0.330. The van der Waals surface area contributed by atoms with E-state index < -0.39 is 10.0 Å². The van der Waals surface area contributed by atoms with Gasteiger partial charge >= 0.3 is 0 Å². The van der Waals surface area contributed by atoms with E-state index in [0.717, 1.165) is 5.69 Å². The lowest BCUT2D eigenvalue weighted by Gasteiger charge is -2.33. The van der Waals surface area contributed by atoms with Gasteiger partial charge in [-0.25, -0.2) is 13.1 Å². The van der Waals surface area contributed by atoms with Gasteiger partial charge < -0.3 is 9.30 Å². The third-order valence-electron chi connectivity index (χ3n) is 5.19. The molecule has 0 N–H and O–H groups in total. The van der Waals surface area contributed by atoms with Crippen molar-refractivity contribution in [2.75, 3.05) is 33.3 Å². The molecule has 0 aliphatic carbocycles. The summed E-state index contributed by atoms with van der Waals surface area (Å²) < 4.78 is 38.4. The van der Waals surface area contributed by atoms with Crippen LogP contribution in [0.4, 0.5) is 0 Å². The van der Waals surface area contributed by atoms with Gasteiger partial charge in [0.1, 0.15) is 12.1 Å². The van der Waals surface area contributed by atoms with Crippen molar-refractivity contribution in [1.82, 2.24) is 28.1 Å². The molecule has 0 amide bonds. The van der Waals surface area contributed by atoms with E-state index in [1.807, 2.05) is 35.9 Å². The average Bonchev–Trinajstić information content (AvgIpc) is 3.35. The Morgan fingerprint density at radius 2 is 1.87 bits per heavy atom. The third kappa shape index (κ3) is 3.93. The number of aromatic nitrogens is 4. The van der Waals surface area contributed by atoms with Crippen LogP contribution in [-0.4, -0.2) is 69.8 Å². The number of ether oxygens (including phenoxy) is 1. The maximum Gasteiger partial charge on any atom is 0.244 e. The van der Waals surface area contributed by atoms with Crippen molar-refractivity contribution in [2.24, 2.45) is 7.05 Å². The van der Waals surface area contributed by atoms with Gasteiger partial charge in [0.25, 0.3) is 0 Å². The first-order valence-corrected chi connectivity index (χ1v) is 11.4. The van der Waals surface area contributed by atoms with Gasteiger partial charge in [0.2, 0.25) is 14.8 Å². The van der Waals surface area contributed by atoms with Crippen LogP contribution in [0.5, 0.6) is 5.75 Å². The van der Waals surface area contributed by atoms with Crippen LogP contribution in [0.2, 0.25) is 0 Å². The summed E-state index contributed by atoms with van der Waals surface area (Å²) in [6, 6.07) is 9.25. The number of sulfonamides is 1. The Balaban J connectivity index is 1.44. The SMILES string of the molecule is COc1ccccc1-n1cnn(CN2CCN(S(=O)(=O)c3ccn(C)c3)CC2)c1=S. The van der Waals surface area contributed by atoms with Crippen LogP contribution in [-0.2, 0) is 23.7 Å². The molecule has 3 aromatic rings. The topological polar surface area (TPSA) is 77.5 Å². The average molecular weight is 449 g/mol. The van der Waals surface area contributed by atoms with E-state index in [1.54, 1.807) is 41.1 Å². The molecule has 0 bridgehead atoms. The Kier molecular flexibility index (Phi) is 5.78. The normalized spacial score (nSPS) is 16.1. The Labute approximate surface area is 180 Å². The van der Waals surface area contributed by atoms with Gasteiger partial charge in [-0.05, 0) is 30.4 Å². The summed E-state index contributed by atoms with van der Waals surface area (Å²) in [5.41, 5.74) is 0.829. The minimum Gasteiger partial charge on any atom is -0.495 e. The van der Waals surface area contributed by atoms with Gasteiger partial charge in [0.15, 0.2) is 0 Å². The fraction of sp³-hybridized carbons (Fsp3) is 0.368. The van der Waals surface area contributed by atoms with Gasteiger partial charge in [0.05, 0.1) is 24.4 Å². The number of rotatable bonds is 6.